The quantitative estimate of drug-likeness (QED) is 0.756. The van der Waals surface area contributed by atoms with Gasteiger partial charge in [-0.2, -0.15) is 0 Å². The van der Waals surface area contributed by atoms with Crippen molar-refractivity contribution in [1.29, 1.82) is 0 Å². The van der Waals surface area contributed by atoms with Gasteiger partial charge in [0.2, 0.25) is 11.8 Å². The van der Waals surface area contributed by atoms with Gasteiger partial charge in [-0.25, -0.2) is 0 Å². The van der Waals surface area contributed by atoms with Gasteiger partial charge in [0, 0.05) is 6.04 Å². The van der Waals surface area contributed by atoms with Crippen LogP contribution in [0.25, 0.3) is 0 Å². The largest absolute Gasteiger partial charge is 0.345 e. The standard InChI is InChI=1S/C14H26N2O2/c1-4-7-9-11(8-5-2)16-12(6-3)14(18)15-10-13(16)17/h11-12H,4-10H2,1-3H3,(H,15,18). The summed E-state index contributed by atoms with van der Waals surface area (Å²) >= 11 is 0. The molecule has 1 rings (SSSR count). The fraction of sp³-hybridized carbons (Fsp3) is 0.857. The monoisotopic (exact) mass is 254 g/mol. The average molecular weight is 254 g/mol. The second kappa shape index (κ2) is 7.39. The summed E-state index contributed by atoms with van der Waals surface area (Å²) in [5.74, 6) is 0.0886. The fourth-order valence-corrected chi connectivity index (χ4v) is 2.71. The van der Waals surface area contributed by atoms with Crippen molar-refractivity contribution in [3.05, 3.63) is 0 Å². The van der Waals surface area contributed by atoms with Crippen molar-refractivity contribution in [3.63, 3.8) is 0 Å². The normalized spacial score (nSPS) is 21.9. The molecule has 0 radical (unpaired) electrons. The molecule has 1 saturated heterocycles. The van der Waals surface area contributed by atoms with Crippen molar-refractivity contribution in [1.82, 2.24) is 10.2 Å². The Balaban J connectivity index is 2.82. The van der Waals surface area contributed by atoms with E-state index in [4.69, 9.17) is 0 Å². The van der Waals surface area contributed by atoms with E-state index in [1.54, 1.807) is 0 Å². The molecule has 4 nitrogen and oxygen atoms in total. The third-order valence-corrected chi connectivity index (χ3v) is 3.63. The van der Waals surface area contributed by atoms with Crippen molar-refractivity contribution in [3.8, 4) is 0 Å². The minimum atomic E-state index is -0.264. The third-order valence-electron chi connectivity index (χ3n) is 3.63. The van der Waals surface area contributed by atoms with Gasteiger partial charge in [-0.1, -0.05) is 40.0 Å². The van der Waals surface area contributed by atoms with Gasteiger partial charge < -0.3 is 10.2 Å². The van der Waals surface area contributed by atoms with Crippen LogP contribution in [0.4, 0.5) is 0 Å². The van der Waals surface area contributed by atoms with Gasteiger partial charge in [-0.15, -0.1) is 0 Å². The maximum atomic E-state index is 12.1. The molecule has 18 heavy (non-hydrogen) atoms. The molecule has 0 aliphatic carbocycles. The average Bonchev–Trinajstić information content (AvgIpc) is 2.37. The molecule has 0 aromatic rings. The van der Waals surface area contributed by atoms with Crippen LogP contribution in [0.1, 0.15) is 59.3 Å². The molecule has 0 bridgehead atoms. The molecule has 2 atom stereocenters. The van der Waals surface area contributed by atoms with Crippen LogP contribution in [0.15, 0.2) is 0 Å². The van der Waals surface area contributed by atoms with E-state index in [9.17, 15) is 9.59 Å². The van der Waals surface area contributed by atoms with E-state index < -0.39 is 0 Å². The van der Waals surface area contributed by atoms with Crippen LogP contribution in [0.5, 0.6) is 0 Å². The smallest absolute Gasteiger partial charge is 0.243 e. The zero-order valence-electron chi connectivity index (χ0n) is 11.9. The van der Waals surface area contributed by atoms with Gasteiger partial charge in [0.15, 0.2) is 0 Å². The minimum absolute atomic E-state index is 0.00898. The molecule has 2 unspecified atom stereocenters. The number of nitrogens with one attached hydrogen (secondary N) is 1. The first-order valence-electron chi connectivity index (χ1n) is 7.24. The maximum absolute atomic E-state index is 12.1. The molecule has 104 valence electrons. The molecule has 1 aliphatic heterocycles. The first-order valence-corrected chi connectivity index (χ1v) is 7.24. The first kappa shape index (κ1) is 15.0. The summed E-state index contributed by atoms with van der Waals surface area (Å²) in [7, 11) is 0. The van der Waals surface area contributed by atoms with Crippen LogP contribution < -0.4 is 5.32 Å². The second-order valence-corrected chi connectivity index (χ2v) is 5.03. The lowest BCUT2D eigenvalue weighted by Gasteiger charge is -2.40. The van der Waals surface area contributed by atoms with Crippen molar-refractivity contribution in [2.24, 2.45) is 0 Å². The van der Waals surface area contributed by atoms with Crippen LogP contribution >= 0.6 is 0 Å². The van der Waals surface area contributed by atoms with E-state index in [0.29, 0.717) is 6.42 Å². The first-order chi connectivity index (χ1) is 8.65. The molecule has 0 aromatic heterocycles. The highest BCUT2D eigenvalue weighted by atomic mass is 16.2. The minimum Gasteiger partial charge on any atom is -0.345 e. The number of hydrogen-bond acceptors (Lipinski definition) is 2. The Hall–Kier alpha value is -1.06. The molecular weight excluding hydrogens is 228 g/mol. The summed E-state index contributed by atoms with van der Waals surface area (Å²) in [5.41, 5.74) is 0. The van der Waals surface area contributed by atoms with Crippen LogP contribution in [-0.2, 0) is 9.59 Å². The van der Waals surface area contributed by atoms with E-state index in [-0.39, 0.29) is 30.4 Å². The number of carbonyl (C=O) groups is 2. The molecule has 0 saturated carbocycles. The maximum Gasteiger partial charge on any atom is 0.243 e. The van der Waals surface area contributed by atoms with E-state index in [2.05, 4.69) is 19.2 Å². The number of amides is 2. The van der Waals surface area contributed by atoms with E-state index in [0.717, 1.165) is 32.1 Å². The summed E-state index contributed by atoms with van der Waals surface area (Å²) in [5, 5.41) is 2.69. The highest BCUT2D eigenvalue weighted by molar-refractivity contribution is 5.94. The van der Waals surface area contributed by atoms with Crippen LogP contribution in [0, 0.1) is 0 Å². The predicted octanol–water partition coefficient (Wildman–Crippen LogP) is 2.08. The zero-order valence-corrected chi connectivity index (χ0v) is 11.9. The fourth-order valence-electron chi connectivity index (χ4n) is 2.71. The Morgan fingerprint density at radius 3 is 2.50 bits per heavy atom. The van der Waals surface area contributed by atoms with Gasteiger partial charge in [-0.3, -0.25) is 9.59 Å². The molecule has 1 fully saturated rings. The number of rotatable bonds is 7. The molecule has 2 amide bonds. The van der Waals surface area contributed by atoms with Crippen molar-refractivity contribution < 1.29 is 9.59 Å². The number of nitrogens with zero attached hydrogens (tertiary/aromatic N) is 1. The van der Waals surface area contributed by atoms with E-state index in [1.165, 1.54) is 0 Å². The molecule has 4 heteroatoms. The lowest BCUT2D eigenvalue weighted by atomic mass is 9.98. The van der Waals surface area contributed by atoms with E-state index >= 15 is 0 Å². The lowest BCUT2D eigenvalue weighted by molar-refractivity contribution is -0.148. The number of unbranched alkanes of at least 4 members (excludes halogenated alkanes) is 1. The molecule has 1 aliphatic rings. The Morgan fingerprint density at radius 2 is 1.94 bits per heavy atom. The highest BCUT2D eigenvalue weighted by Crippen LogP contribution is 2.21. The van der Waals surface area contributed by atoms with Crippen LogP contribution in [0.3, 0.4) is 0 Å². The number of hydrogen-bond donors (Lipinski definition) is 1. The summed E-state index contributed by atoms with van der Waals surface area (Å²) in [6.45, 7) is 6.43. The Kier molecular flexibility index (Phi) is 6.16. The topological polar surface area (TPSA) is 49.4 Å². The highest BCUT2D eigenvalue weighted by Gasteiger charge is 2.36. The van der Waals surface area contributed by atoms with Crippen molar-refractivity contribution >= 4 is 11.8 Å². The number of piperazine rings is 1. The van der Waals surface area contributed by atoms with Gasteiger partial charge in [0.1, 0.15) is 6.04 Å². The van der Waals surface area contributed by atoms with Crippen LogP contribution in [0.2, 0.25) is 0 Å². The molecule has 0 spiro atoms. The van der Waals surface area contributed by atoms with Gasteiger partial charge in [0.05, 0.1) is 6.54 Å². The Morgan fingerprint density at radius 1 is 1.22 bits per heavy atom. The molecule has 1 N–H and O–H groups in total. The SMILES string of the molecule is CCCCC(CCC)N1C(=O)CNC(=O)C1CC. The summed E-state index contributed by atoms with van der Waals surface area (Å²) in [6, 6.07) is -0.0295. The Bertz CT molecular complexity index is 292. The Labute approximate surface area is 110 Å². The van der Waals surface area contributed by atoms with Gasteiger partial charge in [0.25, 0.3) is 0 Å². The number of carbonyl (C=O) groups excluding carboxylic acids is 2. The van der Waals surface area contributed by atoms with Crippen molar-refractivity contribution in [2.75, 3.05) is 6.54 Å². The summed E-state index contributed by atoms with van der Waals surface area (Å²) in [4.78, 5) is 25.8. The van der Waals surface area contributed by atoms with Crippen LogP contribution in [-0.4, -0.2) is 35.3 Å². The third kappa shape index (κ3) is 3.47. The lowest BCUT2D eigenvalue weighted by Crippen LogP contribution is -2.61. The van der Waals surface area contributed by atoms with Crippen molar-refractivity contribution in [2.45, 2.75) is 71.4 Å². The molecule has 1 heterocycles. The van der Waals surface area contributed by atoms with Gasteiger partial charge >= 0.3 is 0 Å². The summed E-state index contributed by atoms with van der Waals surface area (Å²) in [6.07, 6.45) is 6.01. The van der Waals surface area contributed by atoms with Gasteiger partial charge in [-0.05, 0) is 19.3 Å². The molecule has 0 aromatic carbocycles. The summed E-state index contributed by atoms with van der Waals surface area (Å²) < 4.78 is 0. The zero-order chi connectivity index (χ0) is 13.5. The van der Waals surface area contributed by atoms with E-state index in [1.807, 2.05) is 11.8 Å². The predicted molar refractivity (Wildman–Crippen MR) is 72.2 cm³/mol. The molecular formula is C14H26N2O2. The second-order valence-electron chi connectivity index (χ2n) is 5.03.